The van der Waals surface area contributed by atoms with Crippen molar-refractivity contribution in [1.29, 1.82) is 0 Å². The zero-order chi connectivity index (χ0) is 28.3. The van der Waals surface area contributed by atoms with Crippen LogP contribution in [0.1, 0.15) is 31.2 Å². The topological polar surface area (TPSA) is 66.4 Å². The fourth-order valence-electron chi connectivity index (χ4n) is 6.65. The Bertz CT molecular complexity index is 1710. The van der Waals surface area contributed by atoms with Gasteiger partial charge in [0.1, 0.15) is 29.5 Å². The maximum Gasteiger partial charge on any atom is 0.319 e. The summed E-state index contributed by atoms with van der Waals surface area (Å²) < 4.78 is 37.4. The molecule has 4 heterocycles. The van der Waals surface area contributed by atoms with Crippen LogP contribution < -0.4 is 15.0 Å². The number of likely N-dealkylation sites (tertiary alicyclic amines) is 1. The summed E-state index contributed by atoms with van der Waals surface area (Å²) >= 11 is 0. The second kappa shape index (κ2) is 9.89. The van der Waals surface area contributed by atoms with Crippen LogP contribution in [0, 0.1) is 29.4 Å². The van der Waals surface area contributed by atoms with Crippen molar-refractivity contribution < 1.29 is 13.5 Å². The normalized spacial score (nSPS) is 21.5. The summed E-state index contributed by atoms with van der Waals surface area (Å²) in [5.41, 5.74) is 1.09. The highest BCUT2D eigenvalue weighted by Crippen LogP contribution is 2.54. The lowest BCUT2D eigenvalue weighted by molar-refractivity contribution is 0.188. The molecule has 210 valence electrons. The zero-order valence-electron chi connectivity index (χ0n) is 23.3. The Morgan fingerprint density at radius 2 is 2.07 bits per heavy atom. The molecule has 1 N–H and O–H groups in total. The Hall–Kier alpha value is -3.87. The molecule has 2 aromatic heterocycles. The number of likely N-dealkylation sites (N-methyl/N-ethyl adjacent to an activating group) is 2. The first-order valence-corrected chi connectivity index (χ1v) is 14.2. The first kappa shape index (κ1) is 26.1. The molecule has 0 amide bonds. The largest absolute Gasteiger partial charge is 0.462 e. The van der Waals surface area contributed by atoms with Gasteiger partial charge in [0.2, 0.25) is 0 Å². The molecule has 1 aliphatic carbocycles. The van der Waals surface area contributed by atoms with Crippen LogP contribution in [0.3, 0.4) is 0 Å². The Balaban J connectivity index is 1.34. The molecule has 9 heteroatoms. The minimum atomic E-state index is -0.622. The highest BCUT2D eigenvalue weighted by molar-refractivity contribution is 6.02. The third-order valence-electron chi connectivity index (χ3n) is 9.19. The van der Waals surface area contributed by atoms with Gasteiger partial charge in [0.05, 0.1) is 10.9 Å². The summed E-state index contributed by atoms with van der Waals surface area (Å²) in [5.74, 6) is 1.85. The molecule has 0 unspecified atom stereocenters. The number of halogens is 2. The maximum absolute atomic E-state index is 16.5. The summed E-state index contributed by atoms with van der Waals surface area (Å²) in [4.78, 5) is 18.3. The van der Waals surface area contributed by atoms with Crippen molar-refractivity contribution in [3.05, 3.63) is 53.7 Å². The number of nitrogens with one attached hydrogen (secondary N) is 1. The third kappa shape index (κ3) is 4.46. The van der Waals surface area contributed by atoms with Crippen LogP contribution in [-0.4, -0.2) is 72.3 Å². The van der Waals surface area contributed by atoms with Gasteiger partial charge in [0.15, 0.2) is 5.82 Å². The Morgan fingerprint density at radius 3 is 2.80 bits per heavy atom. The van der Waals surface area contributed by atoms with Crippen molar-refractivity contribution in [3.8, 4) is 29.6 Å². The molecule has 3 fully saturated rings. The monoisotopic (exact) mass is 554 g/mol. The number of benzene rings is 2. The molecular weight excluding hydrogens is 522 g/mol. The van der Waals surface area contributed by atoms with E-state index in [2.05, 4.69) is 38.1 Å². The third-order valence-corrected chi connectivity index (χ3v) is 9.19. The van der Waals surface area contributed by atoms with Crippen molar-refractivity contribution in [1.82, 2.24) is 25.2 Å². The van der Waals surface area contributed by atoms with Crippen molar-refractivity contribution in [2.24, 2.45) is 5.41 Å². The summed E-state index contributed by atoms with van der Waals surface area (Å²) in [7, 11) is 4.09. The molecule has 41 heavy (non-hydrogen) atoms. The predicted molar refractivity (Wildman–Crippen MR) is 156 cm³/mol. The number of hydrogen-bond acceptors (Lipinski definition) is 7. The van der Waals surface area contributed by atoms with Gasteiger partial charge in [-0.1, -0.05) is 30.2 Å². The van der Waals surface area contributed by atoms with Crippen molar-refractivity contribution >= 4 is 27.5 Å². The number of pyridine rings is 1. The summed E-state index contributed by atoms with van der Waals surface area (Å²) in [6.07, 6.45) is 11.9. The highest BCUT2D eigenvalue weighted by Gasteiger charge is 2.50. The Morgan fingerprint density at radius 1 is 1.22 bits per heavy atom. The molecule has 0 bridgehead atoms. The van der Waals surface area contributed by atoms with Gasteiger partial charge in [0, 0.05) is 49.4 Å². The molecule has 3 aliphatic rings. The SMILES string of the molecule is C#Cc1c(F)ccc2cccc(-c3ncc4c(N(C)[C@@H]5CCNC5)nc(OC[C@@H]5CC6(CC6)CN5C)nc4c3F)c12. The van der Waals surface area contributed by atoms with Crippen LogP contribution in [-0.2, 0) is 0 Å². The first-order valence-electron chi connectivity index (χ1n) is 14.2. The summed E-state index contributed by atoms with van der Waals surface area (Å²) in [6, 6.07) is 8.87. The van der Waals surface area contributed by atoms with Gasteiger partial charge in [-0.25, -0.2) is 8.78 Å². The van der Waals surface area contributed by atoms with E-state index in [9.17, 15) is 4.39 Å². The highest BCUT2D eigenvalue weighted by atomic mass is 19.1. The molecule has 4 aromatic rings. The lowest BCUT2D eigenvalue weighted by atomic mass is 9.96. The average molecular weight is 555 g/mol. The van der Waals surface area contributed by atoms with Gasteiger partial charge in [-0.15, -0.1) is 6.42 Å². The van der Waals surface area contributed by atoms with Crippen LogP contribution in [0.15, 0.2) is 36.5 Å². The van der Waals surface area contributed by atoms with Crippen molar-refractivity contribution in [2.75, 3.05) is 45.2 Å². The van der Waals surface area contributed by atoms with E-state index in [-0.39, 0.29) is 34.9 Å². The predicted octanol–water partition coefficient (Wildman–Crippen LogP) is 4.77. The van der Waals surface area contributed by atoms with Gasteiger partial charge in [-0.3, -0.25) is 9.88 Å². The number of rotatable bonds is 6. The lowest BCUT2D eigenvalue weighted by Gasteiger charge is -2.26. The van der Waals surface area contributed by atoms with Gasteiger partial charge in [-0.2, -0.15) is 9.97 Å². The molecule has 2 aromatic carbocycles. The number of ether oxygens (including phenoxy) is 1. The zero-order valence-corrected chi connectivity index (χ0v) is 23.3. The van der Waals surface area contributed by atoms with Gasteiger partial charge in [0.25, 0.3) is 0 Å². The molecular formula is C32H32F2N6O. The van der Waals surface area contributed by atoms with Crippen molar-refractivity contribution in [2.45, 2.75) is 37.8 Å². The average Bonchev–Trinajstić information content (AvgIpc) is 3.36. The number of aromatic nitrogens is 3. The number of fused-ring (bicyclic) bond motifs is 2. The molecule has 0 radical (unpaired) electrons. The lowest BCUT2D eigenvalue weighted by Crippen LogP contribution is -2.34. The molecule has 2 aliphatic heterocycles. The fourth-order valence-corrected chi connectivity index (χ4v) is 6.65. The molecule has 7 nitrogen and oxygen atoms in total. The van der Waals surface area contributed by atoms with Crippen LogP contribution >= 0.6 is 0 Å². The van der Waals surface area contributed by atoms with E-state index in [0.717, 1.165) is 32.5 Å². The van der Waals surface area contributed by atoms with E-state index < -0.39 is 11.6 Å². The molecule has 1 spiro atoms. The molecule has 7 rings (SSSR count). The van der Waals surface area contributed by atoms with E-state index in [1.165, 1.54) is 18.9 Å². The summed E-state index contributed by atoms with van der Waals surface area (Å²) in [5, 5.41) is 5.02. The van der Waals surface area contributed by atoms with Crippen LogP contribution in [0.5, 0.6) is 6.01 Å². The Labute approximate surface area is 237 Å². The summed E-state index contributed by atoms with van der Waals surface area (Å²) in [6.45, 7) is 3.23. The smallest absolute Gasteiger partial charge is 0.319 e. The fraction of sp³-hybridized carbons (Fsp3) is 0.406. The number of hydrogen-bond donors (Lipinski definition) is 1. The Kier molecular flexibility index (Phi) is 6.29. The van der Waals surface area contributed by atoms with Gasteiger partial charge in [-0.05, 0) is 56.1 Å². The van der Waals surface area contributed by atoms with E-state index in [1.54, 1.807) is 24.4 Å². The second-order valence-corrected chi connectivity index (χ2v) is 11.8. The van der Waals surface area contributed by atoms with Gasteiger partial charge < -0.3 is 15.0 Å². The van der Waals surface area contributed by atoms with Crippen LogP contribution in [0.2, 0.25) is 0 Å². The number of anilines is 1. The van der Waals surface area contributed by atoms with E-state index in [0.29, 0.717) is 39.6 Å². The second-order valence-electron chi connectivity index (χ2n) is 11.8. The van der Waals surface area contributed by atoms with E-state index >= 15 is 4.39 Å². The number of nitrogens with zero attached hydrogens (tertiary/aromatic N) is 5. The van der Waals surface area contributed by atoms with Crippen molar-refractivity contribution in [3.63, 3.8) is 0 Å². The minimum absolute atomic E-state index is 0.0530. The number of terminal acetylenes is 1. The first-order chi connectivity index (χ1) is 19.9. The van der Waals surface area contributed by atoms with Crippen LogP contribution in [0.4, 0.5) is 14.6 Å². The van der Waals surface area contributed by atoms with E-state index in [1.807, 2.05) is 13.1 Å². The standard InChI is InChI=1S/C32H32F2N6O/c1-4-22-25(33)9-8-19-6-5-7-23(26(19)22)28-27(34)29-24(16-36-28)30(40(3)20-10-13-35-15-20)38-31(37-29)41-17-21-14-32(11-12-32)18-39(21)2/h1,5-9,16,20-21,35H,10-15,17-18H2,2-3H3/t20-,21+/m1/s1. The minimum Gasteiger partial charge on any atom is -0.462 e. The molecule has 2 atom stereocenters. The quantitative estimate of drug-likeness (QED) is 0.345. The van der Waals surface area contributed by atoms with Gasteiger partial charge >= 0.3 is 6.01 Å². The molecule has 1 saturated carbocycles. The van der Waals surface area contributed by atoms with Crippen LogP contribution in [0.25, 0.3) is 32.9 Å². The van der Waals surface area contributed by atoms with E-state index in [4.69, 9.17) is 16.1 Å². The molecule has 2 saturated heterocycles. The maximum atomic E-state index is 16.5.